The van der Waals surface area contributed by atoms with Crippen LogP contribution in [0.15, 0.2) is 0 Å². The number of carbonyl (C=O) groups excluding carboxylic acids is 5. The lowest BCUT2D eigenvalue weighted by molar-refractivity contribution is -0.166. The highest BCUT2D eigenvalue weighted by atomic mass is 28.6. The zero-order valence-corrected chi connectivity index (χ0v) is 66.5. The predicted molar refractivity (Wildman–Crippen MR) is 340 cm³/mol. The summed E-state index contributed by atoms with van der Waals surface area (Å²) in [4.78, 5) is 57.7. The van der Waals surface area contributed by atoms with E-state index in [1.807, 2.05) is 111 Å². The Hall–Kier alpha value is -0.801. The van der Waals surface area contributed by atoms with Gasteiger partial charge in [-0.25, -0.2) is 0 Å². The maximum absolute atomic E-state index is 12.8. The highest BCUT2D eigenvalue weighted by Crippen LogP contribution is 2.53. The predicted octanol–water partition coefficient (Wildman–Crippen LogP) is 12.4. The molecule has 0 amide bonds. The molecule has 0 N–H and O–H groups in total. The minimum absolute atomic E-state index is 0.00553. The normalized spacial score (nSPS) is 34.9. The first kappa shape index (κ1) is 76.7. The number of hydrogen-bond acceptors (Lipinski definition) is 22. The van der Waals surface area contributed by atoms with Crippen LogP contribution in [0.5, 0.6) is 0 Å². The van der Waals surface area contributed by atoms with E-state index in [0.717, 1.165) is 24.9 Å². The summed E-state index contributed by atoms with van der Waals surface area (Å²) >= 11 is 0. The largest absolute Gasteiger partial charge is 0.479 e. The van der Waals surface area contributed by atoms with Crippen molar-refractivity contribution in [3.05, 3.63) is 0 Å². The Morgan fingerprint density at radius 2 is 0.753 bits per heavy atom. The van der Waals surface area contributed by atoms with Gasteiger partial charge in [-0.2, -0.15) is 0 Å². The summed E-state index contributed by atoms with van der Waals surface area (Å²) < 4.78 is 113. The first-order chi connectivity index (χ1) is 38.9. The minimum Gasteiger partial charge on any atom is -0.465 e. The summed E-state index contributed by atoms with van der Waals surface area (Å²) in [6.07, 6.45) is 2.91. The van der Waals surface area contributed by atoms with E-state index in [-0.39, 0.29) is 64.7 Å². The van der Waals surface area contributed by atoms with Gasteiger partial charge in [0.25, 0.3) is 0 Å². The van der Waals surface area contributed by atoms with E-state index >= 15 is 0 Å². The van der Waals surface area contributed by atoms with Gasteiger partial charge in [0.05, 0.1) is 41.8 Å². The van der Waals surface area contributed by atoms with Crippen LogP contribution in [0.25, 0.3) is 0 Å². The fraction of sp³-hybridized carbons (Fsp3) is 0.906. The average Bonchev–Trinajstić information content (AvgIpc) is 1.09. The van der Waals surface area contributed by atoms with Crippen LogP contribution >= 0.6 is 0 Å². The zero-order valence-electron chi connectivity index (χ0n) is 56.5. The van der Waals surface area contributed by atoms with Crippen LogP contribution in [0.3, 0.4) is 0 Å². The Labute approximate surface area is 520 Å². The van der Waals surface area contributed by atoms with Gasteiger partial charge >= 0.3 is 100 Å². The molecule has 85 heavy (non-hydrogen) atoms. The van der Waals surface area contributed by atoms with E-state index in [9.17, 15) is 24.0 Å². The van der Waals surface area contributed by atoms with Crippen LogP contribution in [0, 0.1) is 34.0 Å². The van der Waals surface area contributed by atoms with Crippen molar-refractivity contribution in [2.24, 2.45) is 34.0 Å². The van der Waals surface area contributed by atoms with Gasteiger partial charge in [0.2, 0.25) is 0 Å². The maximum Gasteiger partial charge on any atom is 0.479 e. The lowest BCUT2D eigenvalue weighted by Crippen LogP contribution is -2.88. The molecule has 2 atom stereocenters. The highest BCUT2D eigenvalue weighted by Gasteiger charge is 2.82. The summed E-state index contributed by atoms with van der Waals surface area (Å²) in [5.41, 5.74) is -1.23. The van der Waals surface area contributed by atoms with E-state index in [4.69, 9.17) is 67.7 Å². The molecule has 0 aromatic rings. The molecular weight excluding hydrogens is 1270 g/mol. The van der Waals surface area contributed by atoms with Crippen molar-refractivity contribution >= 4 is 117 Å². The molecule has 8 saturated heterocycles. The summed E-state index contributed by atoms with van der Waals surface area (Å²) in [7, 11) is -33.0. The molecule has 8 fully saturated rings. The summed E-state index contributed by atoms with van der Waals surface area (Å²) in [5, 5.41) is 0. The Morgan fingerprint density at radius 3 is 1.01 bits per heavy atom. The van der Waals surface area contributed by atoms with Gasteiger partial charge in [0, 0.05) is 48.4 Å². The van der Waals surface area contributed by atoms with Gasteiger partial charge < -0.3 is 72.4 Å². The van der Waals surface area contributed by atoms with Crippen molar-refractivity contribution in [1.82, 2.24) is 0 Å². The van der Waals surface area contributed by atoms with Gasteiger partial charge in [-0.05, 0) is 118 Å². The third kappa shape index (κ3) is 19.4. The van der Waals surface area contributed by atoms with Crippen molar-refractivity contribution in [3.63, 3.8) is 0 Å². The summed E-state index contributed by atoms with van der Waals surface area (Å²) in [6, 6.07) is 4.92. The summed E-state index contributed by atoms with van der Waals surface area (Å²) in [6.45, 7) is 50.3. The Bertz CT molecular complexity index is 2160. The van der Waals surface area contributed by atoms with Crippen molar-refractivity contribution in [2.45, 2.75) is 263 Å². The lowest BCUT2D eigenvalue weighted by Gasteiger charge is -2.63. The average molecular weight is 1380 g/mol. The van der Waals surface area contributed by atoms with Crippen molar-refractivity contribution in [1.29, 1.82) is 0 Å². The standard InChI is InChI=1S/C23H52O14Si8.C14H30O3Si2.C10H20O2.C6H8O3/c1-11-23(9,10)22(24)25-20-19-21-45-35-42(16-6)29-39(13-3)26-38(12-2)27-40(14-4,31-42)33-44(18-8,37-45)34-41(15-5,28-38)32-43(17-7,30-39)36-45;1-8-14(2,3)11-16-13(15)12-9-18(4,5)17-19(6,7)10-12;1-7-10(5,6)8(11)12-9(2,3)4;1-3-4(2)6(8)9-5(3)7/h11-21H2,1-10H3;12H,8-11H2,1-7H3;7H2,1-6H3;3-4H,1-2H3. The molecule has 0 saturated carbocycles. The molecule has 22 nitrogen and oxygen atoms in total. The van der Waals surface area contributed by atoms with Crippen molar-refractivity contribution < 1.29 is 96.4 Å². The minimum atomic E-state index is -3.87. The number of rotatable bonds is 19. The molecule has 8 aliphatic heterocycles. The summed E-state index contributed by atoms with van der Waals surface area (Å²) in [5.74, 6) is -1.58. The molecule has 32 heteroatoms. The second-order valence-corrected chi connectivity index (χ2v) is 62.4. The number of hydrogen-bond donors (Lipinski definition) is 0. The topological polar surface area (TPSA) is 242 Å². The van der Waals surface area contributed by atoms with Crippen LogP contribution in [-0.4, -0.2) is 136 Å². The van der Waals surface area contributed by atoms with E-state index in [2.05, 4.69) is 51.7 Å². The molecule has 8 aliphatic rings. The van der Waals surface area contributed by atoms with Gasteiger partial charge in [-0.1, -0.05) is 96.9 Å². The lowest BCUT2D eigenvalue weighted by atomic mass is 9.90. The molecule has 8 bridgehead atoms. The first-order valence-corrected chi connectivity index (χ1v) is 53.0. The Balaban J connectivity index is 0.000000314. The van der Waals surface area contributed by atoms with E-state index < -0.39 is 104 Å². The molecule has 0 aromatic carbocycles. The third-order valence-electron chi connectivity index (χ3n) is 16.5. The molecule has 494 valence electrons. The monoisotopic (exact) mass is 1380 g/mol. The molecule has 8 heterocycles. The number of esters is 5. The molecule has 0 spiro atoms. The van der Waals surface area contributed by atoms with E-state index in [1.165, 1.54) is 0 Å². The van der Waals surface area contributed by atoms with E-state index in [0.29, 0.717) is 61.8 Å². The zero-order chi connectivity index (χ0) is 65.0. The van der Waals surface area contributed by atoms with Crippen LogP contribution < -0.4 is 0 Å². The third-order valence-corrected chi connectivity index (χ3v) is 60.8. The fourth-order valence-corrected chi connectivity index (χ4v) is 69.4. The van der Waals surface area contributed by atoms with Gasteiger partial charge in [0.15, 0.2) is 16.6 Å². The van der Waals surface area contributed by atoms with Gasteiger partial charge in [-0.15, -0.1) is 0 Å². The van der Waals surface area contributed by atoms with Crippen molar-refractivity contribution in [2.75, 3.05) is 13.2 Å². The van der Waals surface area contributed by atoms with E-state index in [1.54, 1.807) is 13.8 Å². The number of cyclic esters (lactones) is 2. The molecule has 0 radical (unpaired) electrons. The fourth-order valence-electron chi connectivity index (χ4n) is 9.80. The SMILES string of the molecule is CC1C(=O)OC(=O)C1C.CCC(C)(C)C(=O)OC(C)(C)C.CCC(C)(C)C(=O)OCCC[Si]12O[Si]3(CC)O[Si]4(CC)O[Si]5(CC)O[Si](CC)(O3)O[Si](CC)(O[Si](CC)(O5)O[Si](CC)(O4)O1)O2.CCC(C)(C)COC(=O)C1C[Si](C)(C)O[Si](C)(C)C1. The quantitative estimate of drug-likeness (QED) is 0.0384. The van der Waals surface area contributed by atoms with Crippen LogP contribution in [0.4, 0.5) is 0 Å². The van der Waals surface area contributed by atoms with Crippen LogP contribution in [0.2, 0.25) is 86.6 Å². The van der Waals surface area contributed by atoms with Crippen LogP contribution in [-0.2, 0) is 96.4 Å². The molecule has 2 unspecified atom stereocenters. The number of ether oxygens (including phenoxy) is 4. The van der Waals surface area contributed by atoms with Gasteiger partial charge in [0.1, 0.15) is 5.60 Å². The highest BCUT2D eigenvalue weighted by molar-refractivity contribution is 7.03. The van der Waals surface area contributed by atoms with Crippen LogP contribution in [0.1, 0.15) is 171 Å². The van der Waals surface area contributed by atoms with Gasteiger partial charge in [-0.3, -0.25) is 24.0 Å². The smallest absolute Gasteiger partial charge is 0.465 e. The second kappa shape index (κ2) is 28.6. The molecule has 8 rings (SSSR count). The first-order valence-electron chi connectivity index (χ1n) is 31.3. The Kier molecular flexibility index (Phi) is 25.8. The Morgan fingerprint density at radius 1 is 0.447 bits per heavy atom. The van der Waals surface area contributed by atoms with Crippen molar-refractivity contribution in [3.8, 4) is 0 Å². The molecular formula is C53H110O22Si10. The molecule has 0 aromatic heterocycles. The second-order valence-electron chi connectivity index (χ2n) is 27.5. The number of carbonyl (C=O) groups is 5. The maximum atomic E-state index is 12.8. The molecule has 0 aliphatic carbocycles.